The molecule has 10 heteroatoms. The molecule has 2 aliphatic carbocycles. The highest BCUT2D eigenvalue weighted by molar-refractivity contribution is 7.99. The van der Waals surface area contributed by atoms with Crippen molar-refractivity contribution in [2.75, 3.05) is 17.7 Å². The highest BCUT2D eigenvalue weighted by atomic mass is 32.2. The van der Waals surface area contributed by atoms with Crippen molar-refractivity contribution in [1.29, 1.82) is 0 Å². The Bertz CT molecular complexity index is 1100. The molecule has 32 heavy (non-hydrogen) atoms. The zero-order valence-electron chi connectivity index (χ0n) is 18.1. The van der Waals surface area contributed by atoms with Crippen LogP contribution in [0, 0.1) is 0 Å². The lowest BCUT2D eigenvalue weighted by molar-refractivity contribution is -0.0253. The van der Waals surface area contributed by atoms with Crippen molar-refractivity contribution in [2.24, 2.45) is 0 Å². The minimum atomic E-state index is -1.21. The van der Waals surface area contributed by atoms with Gasteiger partial charge in [0.05, 0.1) is 12.1 Å². The molecule has 0 saturated heterocycles. The van der Waals surface area contributed by atoms with E-state index >= 15 is 0 Å². The molecule has 3 aromatic rings. The fourth-order valence-corrected chi connectivity index (χ4v) is 5.26. The van der Waals surface area contributed by atoms with Crippen LogP contribution in [0.15, 0.2) is 35.5 Å². The molecule has 2 aliphatic rings. The van der Waals surface area contributed by atoms with Crippen molar-refractivity contribution >= 4 is 28.7 Å². The molecule has 2 saturated carbocycles. The topological polar surface area (TPSA) is 120 Å². The number of nitrogens with zero attached hydrogens (tertiary/aromatic N) is 6. The minimum Gasteiger partial charge on any atom is -0.390 e. The summed E-state index contributed by atoms with van der Waals surface area (Å²) in [6.45, 7) is 2.11. The van der Waals surface area contributed by atoms with E-state index in [4.69, 9.17) is 9.97 Å². The molecule has 2 aromatic heterocycles. The standard InChI is InChI=1S/C22H28N6O3S/c1-3-9-32-22-23-20(27(2)14-10-13(14)12-7-5-4-6-8-12)17-21(24-22)28(26-25-17)15-11-16(29)19(31)18(15)30/h4-8,13-16,18-19,29-31H,3,9-11H2,1-2H3/t13?,14?,15-,16+,18+,19-/m1/s1. The van der Waals surface area contributed by atoms with Gasteiger partial charge in [0, 0.05) is 31.2 Å². The van der Waals surface area contributed by atoms with Crippen LogP contribution >= 0.6 is 11.8 Å². The number of hydrogen-bond donors (Lipinski definition) is 3. The Morgan fingerprint density at radius 1 is 1.09 bits per heavy atom. The van der Waals surface area contributed by atoms with Gasteiger partial charge in [-0.3, -0.25) is 0 Å². The third-order valence-corrected chi connectivity index (χ3v) is 7.52. The van der Waals surface area contributed by atoms with Crippen molar-refractivity contribution in [3.63, 3.8) is 0 Å². The fourth-order valence-electron chi connectivity index (χ4n) is 4.57. The summed E-state index contributed by atoms with van der Waals surface area (Å²) in [4.78, 5) is 11.7. The number of fused-ring (bicyclic) bond motifs is 1. The van der Waals surface area contributed by atoms with Gasteiger partial charge in [0.1, 0.15) is 12.2 Å². The molecule has 2 heterocycles. The number of thioether (sulfide) groups is 1. The second kappa shape index (κ2) is 8.58. The molecule has 6 atom stereocenters. The van der Waals surface area contributed by atoms with Gasteiger partial charge in [0.25, 0.3) is 0 Å². The second-order valence-corrected chi connectivity index (χ2v) is 9.73. The smallest absolute Gasteiger partial charge is 0.191 e. The van der Waals surface area contributed by atoms with Crippen LogP contribution in [-0.4, -0.2) is 77.4 Å². The number of aromatic nitrogens is 5. The first kappa shape index (κ1) is 21.6. The van der Waals surface area contributed by atoms with E-state index in [2.05, 4.69) is 46.4 Å². The number of benzene rings is 1. The molecule has 2 fully saturated rings. The average Bonchev–Trinajstić information content (AvgIpc) is 3.45. The van der Waals surface area contributed by atoms with Gasteiger partial charge < -0.3 is 20.2 Å². The van der Waals surface area contributed by atoms with Crippen LogP contribution < -0.4 is 4.90 Å². The van der Waals surface area contributed by atoms with Crippen LogP contribution in [0.5, 0.6) is 0 Å². The van der Waals surface area contributed by atoms with E-state index in [1.165, 1.54) is 10.2 Å². The quantitative estimate of drug-likeness (QED) is 0.361. The van der Waals surface area contributed by atoms with E-state index < -0.39 is 24.4 Å². The summed E-state index contributed by atoms with van der Waals surface area (Å²) < 4.78 is 1.54. The van der Waals surface area contributed by atoms with E-state index in [0.717, 1.165) is 24.4 Å². The lowest BCUT2D eigenvalue weighted by atomic mass is 10.1. The van der Waals surface area contributed by atoms with Crippen LogP contribution in [0.4, 0.5) is 5.82 Å². The maximum atomic E-state index is 10.4. The van der Waals surface area contributed by atoms with E-state index in [-0.39, 0.29) is 6.42 Å². The maximum Gasteiger partial charge on any atom is 0.191 e. The molecule has 5 rings (SSSR count). The van der Waals surface area contributed by atoms with Crippen molar-refractivity contribution in [3.05, 3.63) is 35.9 Å². The van der Waals surface area contributed by atoms with Crippen molar-refractivity contribution < 1.29 is 15.3 Å². The maximum absolute atomic E-state index is 10.4. The van der Waals surface area contributed by atoms with Crippen LogP contribution in [-0.2, 0) is 0 Å². The molecule has 0 bridgehead atoms. The average molecular weight is 457 g/mol. The molecule has 0 aliphatic heterocycles. The number of aliphatic hydroxyl groups excluding tert-OH is 3. The number of aliphatic hydroxyl groups is 3. The summed E-state index contributed by atoms with van der Waals surface area (Å²) in [6.07, 6.45) is -1.14. The first-order chi connectivity index (χ1) is 15.5. The molecule has 0 radical (unpaired) electrons. The van der Waals surface area contributed by atoms with E-state index in [0.29, 0.717) is 28.3 Å². The van der Waals surface area contributed by atoms with Crippen LogP contribution in [0.3, 0.4) is 0 Å². The Balaban J connectivity index is 1.51. The van der Waals surface area contributed by atoms with E-state index in [1.807, 2.05) is 13.1 Å². The summed E-state index contributed by atoms with van der Waals surface area (Å²) in [5.74, 6) is 2.04. The normalized spacial score (nSPS) is 29.5. The number of hydrogen-bond acceptors (Lipinski definition) is 9. The van der Waals surface area contributed by atoms with Gasteiger partial charge in [-0.2, -0.15) is 0 Å². The monoisotopic (exact) mass is 456 g/mol. The molecule has 3 N–H and O–H groups in total. The molecule has 9 nitrogen and oxygen atoms in total. The van der Waals surface area contributed by atoms with Crippen LogP contribution in [0.25, 0.3) is 11.2 Å². The van der Waals surface area contributed by atoms with Gasteiger partial charge >= 0.3 is 0 Å². The Hall–Kier alpha value is -2.27. The van der Waals surface area contributed by atoms with Crippen molar-refractivity contribution in [2.45, 2.75) is 67.7 Å². The van der Waals surface area contributed by atoms with Gasteiger partial charge in [0.2, 0.25) is 0 Å². The Morgan fingerprint density at radius 3 is 2.56 bits per heavy atom. The van der Waals surface area contributed by atoms with Gasteiger partial charge in [-0.05, 0) is 18.4 Å². The van der Waals surface area contributed by atoms with Crippen molar-refractivity contribution in [1.82, 2.24) is 25.0 Å². The SMILES string of the molecule is CCCSc1nc(N(C)C2CC2c2ccccc2)c2nnn([C@@H]3C[C@H](O)[C@@H](O)[C@H]3O)c2n1. The van der Waals surface area contributed by atoms with Gasteiger partial charge in [-0.15, -0.1) is 5.10 Å². The number of rotatable bonds is 7. The largest absolute Gasteiger partial charge is 0.390 e. The summed E-state index contributed by atoms with van der Waals surface area (Å²) >= 11 is 1.57. The first-order valence-electron chi connectivity index (χ1n) is 11.1. The fraction of sp³-hybridized carbons (Fsp3) is 0.545. The zero-order valence-corrected chi connectivity index (χ0v) is 18.9. The molecular weight excluding hydrogens is 428 g/mol. The zero-order chi connectivity index (χ0) is 22.4. The third-order valence-electron chi connectivity index (χ3n) is 6.47. The molecule has 0 spiro atoms. The predicted octanol–water partition coefficient (Wildman–Crippen LogP) is 1.74. The van der Waals surface area contributed by atoms with E-state index in [1.54, 1.807) is 11.8 Å². The molecule has 1 aromatic carbocycles. The summed E-state index contributed by atoms with van der Waals surface area (Å²) in [6, 6.07) is 10.2. The van der Waals surface area contributed by atoms with Gasteiger partial charge in [-0.25, -0.2) is 14.6 Å². The number of likely N-dealkylation sites (N-methyl/N-ethyl adjacent to an activating group) is 1. The molecule has 170 valence electrons. The lowest BCUT2D eigenvalue weighted by Gasteiger charge is -2.20. The highest BCUT2D eigenvalue weighted by Crippen LogP contribution is 2.46. The number of anilines is 1. The Labute approximate surface area is 190 Å². The highest BCUT2D eigenvalue weighted by Gasteiger charge is 2.45. The minimum absolute atomic E-state index is 0.187. The van der Waals surface area contributed by atoms with Gasteiger partial charge in [0.15, 0.2) is 22.1 Å². The first-order valence-corrected chi connectivity index (χ1v) is 12.1. The third kappa shape index (κ3) is 3.75. The molecule has 0 amide bonds. The van der Waals surface area contributed by atoms with Gasteiger partial charge in [-0.1, -0.05) is 54.2 Å². The Kier molecular flexibility index (Phi) is 5.79. The van der Waals surface area contributed by atoms with Crippen molar-refractivity contribution in [3.8, 4) is 0 Å². The Morgan fingerprint density at radius 2 is 1.88 bits per heavy atom. The summed E-state index contributed by atoms with van der Waals surface area (Å²) in [5, 5.41) is 39.8. The van der Waals surface area contributed by atoms with E-state index in [9.17, 15) is 15.3 Å². The van der Waals surface area contributed by atoms with Crippen LogP contribution in [0.1, 0.15) is 43.7 Å². The molecular formula is C22H28N6O3S. The summed E-state index contributed by atoms with van der Waals surface area (Å²) in [7, 11) is 2.03. The summed E-state index contributed by atoms with van der Waals surface area (Å²) in [5.41, 5.74) is 2.40. The van der Waals surface area contributed by atoms with Crippen LogP contribution in [0.2, 0.25) is 0 Å². The lowest BCUT2D eigenvalue weighted by Crippen LogP contribution is -2.31. The second-order valence-electron chi connectivity index (χ2n) is 8.67. The molecule has 2 unspecified atom stereocenters. The predicted molar refractivity (Wildman–Crippen MR) is 122 cm³/mol.